The molecule has 1 saturated heterocycles. The van der Waals surface area contributed by atoms with E-state index in [1.807, 2.05) is 13.8 Å². The summed E-state index contributed by atoms with van der Waals surface area (Å²) in [7, 11) is 0. The molecule has 0 unspecified atom stereocenters. The summed E-state index contributed by atoms with van der Waals surface area (Å²) in [5.74, 6) is -1.51. The minimum atomic E-state index is -0.759. The second-order valence-corrected chi connectivity index (χ2v) is 5.72. The molecular formula is C15H24Cl2F2N2O. The van der Waals surface area contributed by atoms with Crippen molar-refractivity contribution in [1.82, 2.24) is 10.2 Å². The summed E-state index contributed by atoms with van der Waals surface area (Å²) in [6.07, 6.45) is 0.688. The van der Waals surface area contributed by atoms with Gasteiger partial charge in [0.1, 0.15) is 5.82 Å². The van der Waals surface area contributed by atoms with E-state index in [1.54, 1.807) is 0 Å². The normalized spacial score (nSPS) is 16.8. The van der Waals surface area contributed by atoms with Crippen LogP contribution in [0.4, 0.5) is 8.78 Å². The fraction of sp³-hybridized carbons (Fsp3) is 0.600. The van der Waals surface area contributed by atoms with E-state index < -0.39 is 17.4 Å². The molecule has 0 aromatic heterocycles. The van der Waals surface area contributed by atoms with Crippen LogP contribution < -0.4 is 5.32 Å². The number of nitrogens with zero attached hydrogens (tertiary/aromatic N) is 1. The number of hydrogen-bond donors (Lipinski definition) is 2. The van der Waals surface area contributed by atoms with Gasteiger partial charge in [-0.25, -0.2) is 8.78 Å². The smallest absolute Gasteiger partial charge is 0.165 e. The Balaban J connectivity index is 0.00000220. The van der Waals surface area contributed by atoms with Gasteiger partial charge in [-0.1, -0.05) is 13.8 Å². The number of nitrogens with one attached hydrogen (secondary N) is 1. The summed E-state index contributed by atoms with van der Waals surface area (Å²) in [4.78, 5) is 2.12. The lowest BCUT2D eigenvalue weighted by Gasteiger charge is -2.36. The van der Waals surface area contributed by atoms with Crippen LogP contribution in [-0.2, 0) is 0 Å². The van der Waals surface area contributed by atoms with Crippen LogP contribution in [-0.4, -0.2) is 36.2 Å². The molecule has 0 aliphatic carbocycles. The van der Waals surface area contributed by atoms with Gasteiger partial charge >= 0.3 is 0 Å². The van der Waals surface area contributed by atoms with Crippen LogP contribution in [0.3, 0.4) is 0 Å². The molecule has 128 valence electrons. The third-order valence-electron chi connectivity index (χ3n) is 3.73. The molecule has 1 aliphatic rings. The number of benzene rings is 1. The van der Waals surface area contributed by atoms with Crippen LogP contribution in [0.2, 0.25) is 0 Å². The molecule has 0 radical (unpaired) electrons. The zero-order valence-corrected chi connectivity index (χ0v) is 14.4. The van der Waals surface area contributed by atoms with Crippen molar-refractivity contribution in [1.29, 1.82) is 0 Å². The van der Waals surface area contributed by atoms with E-state index in [4.69, 9.17) is 0 Å². The summed E-state index contributed by atoms with van der Waals surface area (Å²) in [5, 5.41) is 13.2. The van der Waals surface area contributed by atoms with Crippen molar-refractivity contribution < 1.29 is 13.9 Å². The van der Waals surface area contributed by atoms with E-state index >= 15 is 0 Å². The SMILES string of the molecule is CC(C)C[C@H](c1c(F)ccc(F)c1O)N1CCNCC1.Cl.Cl. The Morgan fingerprint density at radius 2 is 1.68 bits per heavy atom. The first kappa shape index (κ1) is 21.4. The van der Waals surface area contributed by atoms with E-state index in [2.05, 4.69) is 10.2 Å². The number of phenolic OH excluding ortho intramolecular Hbond substituents is 1. The molecule has 22 heavy (non-hydrogen) atoms. The van der Waals surface area contributed by atoms with Crippen LogP contribution in [0.1, 0.15) is 31.9 Å². The maximum atomic E-state index is 14.1. The van der Waals surface area contributed by atoms with Crippen molar-refractivity contribution in [3.63, 3.8) is 0 Å². The van der Waals surface area contributed by atoms with Gasteiger partial charge in [-0.3, -0.25) is 4.90 Å². The molecule has 2 N–H and O–H groups in total. The van der Waals surface area contributed by atoms with Gasteiger partial charge in [-0.15, -0.1) is 24.8 Å². The lowest BCUT2D eigenvalue weighted by molar-refractivity contribution is 0.147. The maximum Gasteiger partial charge on any atom is 0.165 e. The van der Waals surface area contributed by atoms with Crippen LogP contribution in [0.25, 0.3) is 0 Å². The van der Waals surface area contributed by atoms with Gasteiger partial charge in [0.2, 0.25) is 0 Å². The van der Waals surface area contributed by atoms with E-state index in [0.717, 1.165) is 38.3 Å². The Morgan fingerprint density at radius 1 is 1.14 bits per heavy atom. The lowest BCUT2D eigenvalue weighted by atomic mass is 9.93. The van der Waals surface area contributed by atoms with Crippen LogP contribution in [0.15, 0.2) is 12.1 Å². The molecule has 0 saturated carbocycles. The standard InChI is InChI=1S/C15H22F2N2O.2ClH/c1-10(2)9-13(19-7-5-18-6-8-19)14-11(16)3-4-12(17)15(14)20;;/h3-4,10,13,18,20H,5-9H2,1-2H3;2*1H/t13-;;/m1../s1. The summed E-state index contributed by atoms with van der Waals surface area (Å²) in [6.45, 7) is 7.28. The van der Waals surface area contributed by atoms with Crippen molar-refractivity contribution in [3.8, 4) is 5.75 Å². The zero-order chi connectivity index (χ0) is 14.7. The number of hydrogen-bond acceptors (Lipinski definition) is 3. The molecule has 1 aliphatic heterocycles. The monoisotopic (exact) mass is 356 g/mol. The summed E-state index contributed by atoms with van der Waals surface area (Å²) >= 11 is 0. The number of halogens is 4. The van der Waals surface area contributed by atoms with Gasteiger partial charge in [-0.2, -0.15) is 0 Å². The van der Waals surface area contributed by atoms with Crippen LogP contribution >= 0.6 is 24.8 Å². The lowest BCUT2D eigenvalue weighted by Crippen LogP contribution is -2.45. The fourth-order valence-corrected chi connectivity index (χ4v) is 2.76. The Labute approximate surface area is 142 Å². The molecule has 1 aromatic rings. The highest BCUT2D eigenvalue weighted by molar-refractivity contribution is 5.85. The third-order valence-corrected chi connectivity index (χ3v) is 3.73. The molecular weight excluding hydrogens is 333 g/mol. The van der Waals surface area contributed by atoms with Crippen molar-refractivity contribution in [3.05, 3.63) is 29.3 Å². The minimum Gasteiger partial charge on any atom is -0.505 e. The van der Waals surface area contributed by atoms with Gasteiger partial charge in [0.25, 0.3) is 0 Å². The van der Waals surface area contributed by atoms with Gasteiger partial charge in [0, 0.05) is 37.8 Å². The molecule has 0 bridgehead atoms. The first-order chi connectivity index (χ1) is 9.50. The predicted molar refractivity (Wildman–Crippen MR) is 89.2 cm³/mol. The quantitative estimate of drug-likeness (QED) is 0.866. The molecule has 1 heterocycles. The largest absolute Gasteiger partial charge is 0.505 e. The molecule has 1 fully saturated rings. The topological polar surface area (TPSA) is 35.5 Å². The van der Waals surface area contributed by atoms with Crippen molar-refractivity contribution in [2.24, 2.45) is 5.92 Å². The zero-order valence-electron chi connectivity index (χ0n) is 12.8. The first-order valence-electron chi connectivity index (χ1n) is 7.12. The van der Waals surface area contributed by atoms with Crippen LogP contribution in [0.5, 0.6) is 5.75 Å². The highest BCUT2D eigenvalue weighted by atomic mass is 35.5. The van der Waals surface area contributed by atoms with Crippen molar-refractivity contribution in [2.75, 3.05) is 26.2 Å². The highest BCUT2D eigenvalue weighted by Gasteiger charge is 2.29. The number of aromatic hydroxyl groups is 1. The van der Waals surface area contributed by atoms with E-state index in [0.29, 0.717) is 12.3 Å². The molecule has 1 atom stereocenters. The summed E-state index contributed by atoms with van der Waals surface area (Å²) < 4.78 is 27.7. The van der Waals surface area contributed by atoms with Gasteiger partial charge in [-0.05, 0) is 24.5 Å². The van der Waals surface area contributed by atoms with E-state index in [1.165, 1.54) is 0 Å². The van der Waals surface area contributed by atoms with Gasteiger partial charge in [0.05, 0.1) is 0 Å². The number of rotatable bonds is 4. The Morgan fingerprint density at radius 3 is 2.23 bits per heavy atom. The molecule has 1 aromatic carbocycles. The van der Waals surface area contributed by atoms with Gasteiger partial charge in [0.15, 0.2) is 11.6 Å². The molecule has 3 nitrogen and oxygen atoms in total. The fourth-order valence-electron chi connectivity index (χ4n) is 2.76. The summed E-state index contributed by atoms with van der Waals surface area (Å²) in [6, 6.07) is 1.78. The summed E-state index contributed by atoms with van der Waals surface area (Å²) in [5.41, 5.74) is 0.0978. The third kappa shape index (κ3) is 4.95. The van der Waals surface area contributed by atoms with E-state index in [9.17, 15) is 13.9 Å². The Hall–Kier alpha value is -0.620. The average Bonchev–Trinajstić information content (AvgIpc) is 2.43. The van der Waals surface area contributed by atoms with Crippen molar-refractivity contribution >= 4 is 24.8 Å². The van der Waals surface area contributed by atoms with Gasteiger partial charge < -0.3 is 10.4 Å². The average molecular weight is 357 g/mol. The minimum absolute atomic E-state index is 0. The molecule has 0 amide bonds. The second-order valence-electron chi connectivity index (χ2n) is 5.72. The maximum absolute atomic E-state index is 14.1. The van der Waals surface area contributed by atoms with E-state index in [-0.39, 0.29) is 36.4 Å². The molecule has 7 heteroatoms. The first-order valence-corrected chi connectivity index (χ1v) is 7.12. The number of piperazine rings is 1. The van der Waals surface area contributed by atoms with Crippen molar-refractivity contribution in [2.45, 2.75) is 26.3 Å². The number of phenols is 1. The second kappa shape index (κ2) is 9.50. The Bertz CT molecular complexity index is 469. The molecule has 2 rings (SSSR count). The molecule has 0 spiro atoms. The highest BCUT2D eigenvalue weighted by Crippen LogP contribution is 2.37. The van der Waals surface area contributed by atoms with Crippen LogP contribution in [0, 0.1) is 17.6 Å². The Kier molecular flexibility index (Phi) is 9.24. The predicted octanol–water partition coefficient (Wildman–Crippen LogP) is 3.51.